The normalized spacial score (nSPS) is 14.9. The Labute approximate surface area is 132 Å². The summed E-state index contributed by atoms with van der Waals surface area (Å²) in [4.78, 5) is 25.9. The molecule has 1 heterocycles. The van der Waals surface area contributed by atoms with E-state index >= 15 is 0 Å². The highest BCUT2D eigenvalue weighted by atomic mass is 16.5. The van der Waals surface area contributed by atoms with Crippen LogP contribution in [0.15, 0.2) is 18.2 Å². The van der Waals surface area contributed by atoms with Gasteiger partial charge in [0.1, 0.15) is 0 Å². The van der Waals surface area contributed by atoms with E-state index in [1.165, 1.54) is 0 Å². The fourth-order valence-corrected chi connectivity index (χ4v) is 2.94. The van der Waals surface area contributed by atoms with Gasteiger partial charge in [-0.25, -0.2) is 4.79 Å². The van der Waals surface area contributed by atoms with Crippen LogP contribution in [0.3, 0.4) is 0 Å². The lowest BCUT2D eigenvalue weighted by atomic mass is 10.1. The van der Waals surface area contributed by atoms with Crippen molar-refractivity contribution in [2.45, 2.75) is 53.1 Å². The second-order valence-corrected chi connectivity index (χ2v) is 6.34. The average Bonchev–Trinajstić information content (AvgIpc) is 2.88. The third kappa shape index (κ3) is 3.67. The molecule has 4 nitrogen and oxygen atoms in total. The summed E-state index contributed by atoms with van der Waals surface area (Å²) in [7, 11) is 0. The zero-order chi connectivity index (χ0) is 16.3. The molecule has 0 saturated carbocycles. The first-order chi connectivity index (χ1) is 10.4. The van der Waals surface area contributed by atoms with Gasteiger partial charge in [0.15, 0.2) is 0 Å². The van der Waals surface area contributed by atoms with Crippen molar-refractivity contribution in [2.75, 3.05) is 11.4 Å². The van der Waals surface area contributed by atoms with Crippen LogP contribution < -0.4 is 4.90 Å². The van der Waals surface area contributed by atoms with Gasteiger partial charge < -0.3 is 9.64 Å². The van der Waals surface area contributed by atoms with Gasteiger partial charge in [0, 0.05) is 18.7 Å². The minimum absolute atomic E-state index is 0.0843. The summed E-state index contributed by atoms with van der Waals surface area (Å²) in [5.74, 6) is 0.340. The molecular formula is C18H25NO3. The molecule has 0 radical (unpaired) electrons. The second-order valence-electron chi connectivity index (χ2n) is 6.34. The molecular weight excluding hydrogens is 278 g/mol. The molecule has 1 unspecified atom stereocenters. The number of carbonyl (C=O) groups excluding carboxylic acids is 2. The largest absolute Gasteiger partial charge is 0.459 e. The molecule has 1 aromatic rings. The minimum atomic E-state index is -0.281. The monoisotopic (exact) mass is 303 g/mol. The Balaban J connectivity index is 2.09. The maximum Gasteiger partial charge on any atom is 0.338 e. The van der Waals surface area contributed by atoms with Gasteiger partial charge in [-0.3, -0.25) is 4.79 Å². The average molecular weight is 303 g/mol. The van der Waals surface area contributed by atoms with Gasteiger partial charge in [0.2, 0.25) is 5.91 Å². The first-order valence-electron chi connectivity index (χ1n) is 8.06. The predicted octanol–water partition coefficient (Wildman–Crippen LogP) is 3.58. The summed E-state index contributed by atoms with van der Waals surface area (Å²) < 4.78 is 5.48. The number of fused-ring (bicyclic) bond motifs is 1. The number of nitrogens with zero attached hydrogens (tertiary/aromatic N) is 1. The molecule has 0 aliphatic carbocycles. The van der Waals surface area contributed by atoms with Crippen LogP contribution in [-0.4, -0.2) is 24.5 Å². The van der Waals surface area contributed by atoms with Gasteiger partial charge in [-0.05, 0) is 49.4 Å². The van der Waals surface area contributed by atoms with Crippen molar-refractivity contribution >= 4 is 17.6 Å². The molecule has 0 bridgehead atoms. The Kier molecular flexibility index (Phi) is 5.22. The highest BCUT2D eigenvalue weighted by Crippen LogP contribution is 2.29. The summed E-state index contributed by atoms with van der Waals surface area (Å²) in [6, 6.07) is 5.48. The predicted molar refractivity (Wildman–Crippen MR) is 87.1 cm³/mol. The maximum absolute atomic E-state index is 12.2. The van der Waals surface area contributed by atoms with Crippen molar-refractivity contribution < 1.29 is 14.3 Å². The number of esters is 1. The third-order valence-corrected chi connectivity index (χ3v) is 3.93. The van der Waals surface area contributed by atoms with Crippen LogP contribution in [0.1, 0.15) is 56.5 Å². The van der Waals surface area contributed by atoms with E-state index in [1.54, 1.807) is 11.0 Å². The summed E-state index contributed by atoms with van der Waals surface area (Å²) in [6.45, 7) is 8.71. The van der Waals surface area contributed by atoms with Crippen LogP contribution in [-0.2, 0) is 16.0 Å². The van der Waals surface area contributed by atoms with E-state index in [9.17, 15) is 9.59 Å². The molecule has 1 amide bonds. The quantitative estimate of drug-likeness (QED) is 0.781. The standard InChI is InChI=1S/C18H25NO3/c1-5-17(20)19-9-8-14-11-15(6-7-16(14)19)18(21)22-13(4)10-12(2)3/h6-7,11-13H,5,8-10H2,1-4H3. The number of benzene rings is 1. The number of amides is 1. The van der Waals surface area contributed by atoms with E-state index in [0.717, 1.165) is 24.1 Å². The lowest BCUT2D eigenvalue weighted by Gasteiger charge is -2.17. The summed E-state index contributed by atoms with van der Waals surface area (Å²) in [6.07, 6.45) is 2.06. The minimum Gasteiger partial charge on any atom is -0.459 e. The Hall–Kier alpha value is -1.84. The van der Waals surface area contributed by atoms with Gasteiger partial charge in [0.25, 0.3) is 0 Å². The zero-order valence-electron chi connectivity index (χ0n) is 13.9. The van der Waals surface area contributed by atoms with Crippen molar-refractivity contribution in [1.82, 2.24) is 0 Å². The SMILES string of the molecule is CCC(=O)N1CCc2cc(C(=O)OC(C)CC(C)C)ccc21. The molecule has 120 valence electrons. The van der Waals surface area contributed by atoms with Crippen molar-refractivity contribution in [3.63, 3.8) is 0 Å². The van der Waals surface area contributed by atoms with Crippen molar-refractivity contribution in [1.29, 1.82) is 0 Å². The van der Waals surface area contributed by atoms with E-state index in [2.05, 4.69) is 13.8 Å². The lowest BCUT2D eigenvalue weighted by molar-refractivity contribution is -0.118. The van der Waals surface area contributed by atoms with Crippen LogP contribution in [0.2, 0.25) is 0 Å². The van der Waals surface area contributed by atoms with Crippen LogP contribution in [0.25, 0.3) is 0 Å². The first kappa shape index (κ1) is 16.5. The Morgan fingerprint density at radius 3 is 2.64 bits per heavy atom. The van der Waals surface area contributed by atoms with E-state index in [-0.39, 0.29) is 18.0 Å². The number of anilines is 1. The number of hydrogen-bond donors (Lipinski definition) is 0. The molecule has 0 spiro atoms. The molecule has 0 fully saturated rings. The number of carbonyl (C=O) groups is 2. The van der Waals surface area contributed by atoms with Crippen LogP contribution in [0.4, 0.5) is 5.69 Å². The molecule has 2 rings (SSSR count). The van der Waals surface area contributed by atoms with Gasteiger partial charge >= 0.3 is 5.97 Å². The zero-order valence-corrected chi connectivity index (χ0v) is 13.9. The number of rotatable bonds is 5. The summed E-state index contributed by atoms with van der Waals surface area (Å²) in [5, 5.41) is 0. The smallest absolute Gasteiger partial charge is 0.338 e. The van der Waals surface area contributed by atoms with E-state index in [0.29, 0.717) is 24.4 Å². The van der Waals surface area contributed by atoms with Gasteiger partial charge in [-0.2, -0.15) is 0 Å². The Morgan fingerprint density at radius 1 is 1.27 bits per heavy atom. The Morgan fingerprint density at radius 2 is 2.00 bits per heavy atom. The molecule has 4 heteroatoms. The highest BCUT2D eigenvalue weighted by molar-refractivity contribution is 5.97. The summed E-state index contributed by atoms with van der Waals surface area (Å²) in [5.41, 5.74) is 2.55. The third-order valence-electron chi connectivity index (χ3n) is 3.93. The van der Waals surface area contributed by atoms with E-state index in [4.69, 9.17) is 4.74 Å². The topological polar surface area (TPSA) is 46.6 Å². The van der Waals surface area contributed by atoms with Crippen LogP contribution in [0.5, 0.6) is 0 Å². The molecule has 0 aromatic heterocycles. The van der Waals surface area contributed by atoms with E-state index in [1.807, 2.05) is 26.0 Å². The fraction of sp³-hybridized carbons (Fsp3) is 0.556. The Bertz CT molecular complexity index is 565. The highest BCUT2D eigenvalue weighted by Gasteiger charge is 2.25. The molecule has 1 aliphatic rings. The van der Waals surface area contributed by atoms with Crippen molar-refractivity contribution in [2.24, 2.45) is 5.92 Å². The van der Waals surface area contributed by atoms with E-state index < -0.39 is 0 Å². The number of hydrogen-bond acceptors (Lipinski definition) is 3. The van der Waals surface area contributed by atoms with Gasteiger partial charge in [-0.15, -0.1) is 0 Å². The molecule has 1 atom stereocenters. The summed E-state index contributed by atoms with van der Waals surface area (Å²) >= 11 is 0. The van der Waals surface area contributed by atoms with Gasteiger partial charge in [-0.1, -0.05) is 20.8 Å². The maximum atomic E-state index is 12.2. The molecule has 1 aromatic carbocycles. The number of ether oxygens (including phenoxy) is 1. The molecule has 22 heavy (non-hydrogen) atoms. The lowest BCUT2D eigenvalue weighted by Crippen LogP contribution is -2.27. The molecule has 1 aliphatic heterocycles. The van der Waals surface area contributed by atoms with Crippen molar-refractivity contribution in [3.05, 3.63) is 29.3 Å². The van der Waals surface area contributed by atoms with Crippen LogP contribution in [0, 0.1) is 5.92 Å². The molecule has 0 N–H and O–H groups in total. The molecule has 0 saturated heterocycles. The van der Waals surface area contributed by atoms with Crippen molar-refractivity contribution in [3.8, 4) is 0 Å². The first-order valence-corrected chi connectivity index (χ1v) is 8.06. The second kappa shape index (κ2) is 6.95. The van der Waals surface area contributed by atoms with Crippen LogP contribution >= 0.6 is 0 Å². The fourth-order valence-electron chi connectivity index (χ4n) is 2.94. The van der Waals surface area contributed by atoms with Gasteiger partial charge in [0.05, 0.1) is 11.7 Å².